The summed E-state index contributed by atoms with van der Waals surface area (Å²) < 4.78 is 16.6. The number of nitrogens with zero attached hydrogens (tertiary/aromatic N) is 1. The van der Waals surface area contributed by atoms with Crippen LogP contribution in [0, 0.1) is 0 Å². The van der Waals surface area contributed by atoms with E-state index in [0.717, 1.165) is 0 Å². The van der Waals surface area contributed by atoms with Crippen molar-refractivity contribution in [2.75, 3.05) is 20.4 Å². The molecule has 0 radical (unpaired) electrons. The number of ether oxygens (including phenoxy) is 1. The van der Waals surface area contributed by atoms with Crippen LogP contribution in [0.3, 0.4) is 0 Å². The second-order valence-electron chi connectivity index (χ2n) is 2.90. The van der Waals surface area contributed by atoms with Crippen molar-refractivity contribution < 1.29 is 9.30 Å². The van der Waals surface area contributed by atoms with Gasteiger partial charge in [-0.3, -0.25) is 4.98 Å². The predicted octanol–water partition coefficient (Wildman–Crippen LogP) is 1.34. The number of pyridine rings is 1. The molecule has 0 saturated carbocycles. The zero-order chi connectivity index (χ0) is 9.19. The van der Waals surface area contributed by atoms with Gasteiger partial charge in [0.1, 0.15) is 18.3 Å². The maximum Gasteiger partial charge on any atom is 0.127 e. The first kappa shape index (κ1) is 9.27. The molecule has 0 fully saturated rings. The summed E-state index contributed by atoms with van der Waals surface area (Å²) in [5, 5.41) is 0. The molecule has 12 heavy (non-hydrogen) atoms. The molecule has 1 aromatic heterocycles. The molecular weight excluding hydrogens is 173 g/mol. The Morgan fingerprint density at radius 1 is 1.50 bits per heavy atom. The van der Waals surface area contributed by atoms with Crippen LogP contribution in [0.5, 0.6) is 5.75 Å². The van der Waals surface area contributed by atoms with Gasteiger partial charge in [0.05, 0.1) is 7.11 Å². The third kappa shape index (κ3) is 2.08. The quantitative estimate of drug-likeness (QED) is 0.652. The van der Waals surface area contributed by atoms with E-state index in [1.54, 1.807) is 38.8 Å². The Labute approximate surface area is 72.1 Å². The average Bonchev–Trinajstić information content (AvgIpc) is 2.03. The van der Waals surface area contributed by atoms with Gasteiger partial charge in [-0.15, -0.1) is 0 Å². The van der Waals surface area contributed by atoms with Crippen molar-refractivity contribution in [1.82, 2.24) is 4.98 Å². The van der Waals surface area contributed by atoms with E-state index in [2.05, 4.69) is 4.98 Å². The predicted molar refractivity (Wildman–Crippen MR) is 49.9 cm³/mol. The van der Waals surface area contributed by atoms with Crippen LogP contribution < -0.4 is 10.2 Å². The summed E-state index contributed by atoms with van der Waals surface area (Å²) in [6.45, 7) is 3.38. The average molecular weight is 185 g/mol. The molecule has 0 spiro atoms. The largest absolute Gasteiger partial charge is 0.497 e. The van der Waals surface area contributed by atoms with Gasteiger partial charge in [-0.2, -0.15) is 0 Å². The summed E-state index contributed by atoms with van der Waals surface area (Å²) in [6.07, 6.45) is 1.60. The Morgan fingerprint density at radius 3 is 2.67 bits per heavy atom. The van der Waals surface area contributed by atoms with Crippen LogP contribution >= 0.6 is 7.14 Å². The lowest BCUT2D eigenvalue weighted by molar-refractivity contribution is 0.414. The number of methoxy groups -OCH3 is 1. The molecule has 0 aromatic carbocycles. The molecule has 3 nitrogen and oxygen atoms in total. The Hall–Kier alpha value is -0.820. The van der Waals surface area contributed by atoms with Crippen molar-refractivity contribution in [2.24, 2.45) is 0 Å². The van der Waals surface area contributed by atoms with Gasteiger partial charge < -0.3 is 9.30 Å². The minimum absolute atomic E-state index is 0.613. The minimum atomic E-state index is -2.25. The highest BCUT2D eigenvalue weighted by Gasteiger charge is 2.12. The van der Waals surface area contributed by atoms with Gasteiger partial charge in [-0.05, 0) is 19.4 Å². The zero-order valence-corrected chi connectivity index (χ0v) is 8.34. The Kier molecular flexibility index (Phi) is 2.53. The van der Waals surface area contributed by atoms with Crippen molar-refractivity contribution in [3.63, 3.8) is 0 Å². The third-order valence-electron chi connectivity index (χ3n) is 1.50. The molecule has 4 heteroatoms. The van der Waals surface area contributed by atoms with Crippen LogP contribution in [0.4, 0.5) is 0 Å². The first-order valence-corrected chi connectivity index (χ1v) is 6.20. The van der Waals surface area contributed by atoms with Crippen LogP contribution in [-0.2, 0) is 4.57 Å². The normalized spacial score (nSPS) is 11.2. The van der Waals surface area contributed by atoms with Crippen molar-refractivity contribution in [2.45, 2.75) is 0 Å². The van der Waals surface area contributed by atoms with Crippen LogP contribution in [0.25, 0.3) is 0 Å². The highest BCUT2D eigenvalue weighted by atomic mass is 31.2. The summed E-state index contributed by atoms with van der Waals surface area (Å²) in [4.78, 5) is 4.02. The van der Waals surface area contributed by atoms with Gasteiger partial charge in [0.25, 0.3) is 0 Å². The molecular formula is C8H12NO2P. The van der Waals surface area contributed by atoms with E-state index in [-0.39, 0.29) is 0 Å². The van der Waals surface area contributed by atoms with E-state index in [4.69, 9.17) is 4.74 Å². The lowest BCUT2D eigenvalue weighted by atomic mass is 10.5. The molecule has 0 amide bonds. The summed E-state index contributed by atoms with van der Waals surface area (Å²) in [6, 6.07) is 3.44. The lowest BCUT2D eigenvalue weighted by Gasteiger charge is -2.06. The fraction of sp³-hybridized carbons (Fsp3) is 0.375. The second kappa shape index (κ2) is 3.28. The maximum absolute atomic E-state index is 11.6. The zero-order valence-electron chi connectivity index (χ0n) is 7.44. The fourth-order valence-corrected chi connectivity index (χ4v) is 1.60. The van der Waals surface area contributed by atoms with Crippen molar-refractivity contribution in [3.8, 4) is 5.75 Å². The van der Waals surface area contributed by atoms with Gasteiger partial charge in [0.15, 0.2) is 0 Å². The van der Waals surface area contributed by atoms with Crippen molar-refractivity contribution in [1.29, 1.82) is 0 Å². The number of hydrogen-bond donors (Lipinski definition) is 0. The number of hydrogen-bond acceptors (Lipinski definition) is 3. The molecule has 0 aliphatic rings. The van der Waals surface area contributed by atoms with Gasteiger partial charge >= 0.3 is 0 Å². The monoisotopic (exact) mass is 185 g/mol. The van der Waals surface area contributed by atoms with Gasteiger partial charge in [-0.1, -0.05) is 0 Å². The van der Waals surface area contributed by atoms with Gasteiger partial charge in [0, 0.05) is 12.3 Å². The minimum Gasteiger partial charge on any atom is -0.497 e. The molecule has 1 heterocycles. The van der Waals surface area contributed by atoms with Gasteiger partial charge in [0.2, 0.25) is 0 Å². The molecule has 0 atom stereocenters. The van der Waals surface area contributed by atoms with Gasteiger partial charge in [-0.25, -0.2) is 0 Å². The second-order valence-corrected chi connectivity index (χ2v) is 6.06. The van der Waals surface area contributed by atoms with Crippen LogP contribution in [-0.4, -0.2) is 25.4 Å². The smallest absolute Gasteiger partial charge is 0.127 e. The van der Waals surface area contributed by atoms with Crippen LogP contribution in [0.15, 0.2) is 18.3 Å². The summed E-state index contributed by atoms with van der Waals surface area (Å²) in [7, 11) is -0.671. The van der Waals surface area contributed by atoms with Crippen LogP contribution in [0.1, 0.15) is 0 Å². The maximum atomic E-state index is 11.6. The standard InChI is InChI=1S/C8H12NO2P/c1-11-7-4-5-9-8(6-7)12(2,3)10/h4-6H,1-3H3. The number of aromatic nitrogens is 1. The Balaban J connectivity index is 3.11. The summed E-state index contributed by atoms with van der Waals surface area (Å²) >= 11 is 0. The number of rotatable bonds is 2. The molecule has 0 saturated heterocycles. The summed E-state index contributed by atoms with van der Waals surface area (Å²) in [5.74, 6) is 0.698. The van der Waals surface area contributed by atoms with Crippen molar-refractivity contribution in [3.05, 3.63) is 18.3 Å². The molecule has 0 aliphatic carbocycles. The van der Waals surface area contributed by atoms with E-state index in [0.29, 0.717) is 11.2 Å². The molecule has 66 valence electrons. The molecule has 1 aromatic rings. The van der Waals surface area contributed by atoms with E-state index < -0.39 is 7.14 Å². The lowest BCUT2D eigenvalue weighted by Crippen LogP contribution is -2.07. The topological polar surface area (TPSA) is 39.2 Å². The van der Waals surface area contributed by atoms with E-state index in [9.17, 15) is 4.57 Å². The molecule has 0 bridgehead atoms. The van der Waals surface area contributed by atoms with E-state index >= 15 is 0 Å². The fourth-order valence-electron chi connectivity index (χ4n) is 0.821. The Morgan fingerprint density at radius 2 is 2.17 bits per heavy atom. The highest BCUT2D eigenvalue weighted by Crippen LogP contribution is 2.34. The SMILES string of the molecule is COc1ccnc(P(C)(C)=O)c1. The highest BCUT2D eigenvalue weighted by molar-refractivity contribution is 7.69. The van der Waals surface area contributed by atoms with Crippen LogP contribution in [0.2, 0.25) is 0 Å². The first-order chi connectivity index (χ1) is 5.54. The third-order valence-corrected chi connectivity index (χ3v) is 2.85. The molecule has 0 unspecified atom stereocenters. The van der Waals surface area contributed by atoms with E-state index in [1.165, 1.54) is 0 Å². The van der Waals surface area contributed by atoms with E-state index in [1.807, 2.05) is 0 Å². The molecule has 0 N–H and O–H groups in total. The van der Waals surface area contributed by atoms with Crippen molar-refractivity contribution >= 4 is 12.6 Å². The molecule has 1 rings (SSSR count). The Bertz CT molecular complexity index is 319. The first-order valence-electron chi connectivity index (χ1n) is 3.59. The summed E-state index contributed by atoms with van der Waals surface area (Å²) in [5.41, 5.74) is 0.613. The molecule has 0 aliphatic heterocycles.